The van der Waals surface area contributed by atoms with Crippen molar-refractivity contribution in [2.24, 2.45) is 4.99 Å². The number of hydrogen-bond donors (Lipinski definition) is 2. The molecule has 7 heteroatoms. The fourth-order valence-corrected chi connectivity index (χ4v) is 3.92. The maximum atomic E-state index is 4.62. The lowest BCUT2D eigenvalue weighted by atomic mass is 10.3. The average Bonchev–Trinajstić information content (AvgIpc) is 3.27. The highest BCUT2D eigenvalue weighted by atomic mass is 32.1. The second-order valence-corrected chi connectivity index (χ2v) is 7.60. The van der Waals surface area contributed by atoms with Crippen LogP contribution in [0.3, 0.4) is 0 Å². The van der Waals surface area contributed by atoms with E-state index in [0.29, 0.717) is 0 Å². The van der Waals surface area contributed by atoms with Crippen molar-refractivity contribution in [3.63, 3.8) is 0 Å². The SMILES string of the molecule is CCc1cnc(CCNC(=NC)NCCCn2c(C)nc3ccccc32)s1. The Bertz CT molecular complexity index is 895. The highest BCUT2D eigenvalue weighted by Gasteiger charge is 2.06. The summed E-state index contributed by atoms with van der Waals surface area (Å²) in [6.07, 6.45) is 4.97. The molecule has 0 saturated carbocycles. The van der Waals surface area contributed by atoms with Crippen molar-refractivity contribution in [3.05, 3.63) is 46.2 Å². The Balaban J connectivity index is 1.41. The van der Waals surface area contributed by atoms with Crippen molar-refractivity contribution < 1.29 is 0 Å². The van der Waals surface area contributed by atoms with E-state index in [1.54, 1.807) is 18.4 Å². The van der Waals surface area contributed by atoms with Crippen LogP contribution in [0.1, 0.15) is 29.1 Å². The lowest BCUT2D eigenvalue weighted by Crippen LogP contribution is -2.39. The Labute approximate surface area is 164 Å². The van der Waals surface area contributed by atoms with Crippen LogP contribution in [0.5, 0.6) is 0 Å². The second-order valence-electron chi connectivity index (χ2n) is 6.40. The summed E-state index contributed by atoms with van der Waals surface area (Å²) < 4.78 is 2.28. The summed E-state index contributed by atoms with van der Waals surface area (Å²) in [7, 11) is 1.81. The van der Waals surface area contributed by atoms with Gasteiger partial charge < -0.3 is 15.2 Å². The number of nitrogens with zero attached hydrogens (tertiary/aromatic N) is 4. The van der Waals surface area contributed by atoms with Crippen LogP contribution >= 0.6 is 11.3 Å². The van der Waals surface area contributed by atoms with Gasteiger partial charge in [0.1, 0.15) is 5.82 Å². The summed E-state index contributed by atoms with van der Waals surface area (Å²) in [5.74, 6) is 1.91. The molecule has 6 nitrogen and oxygen atoms in total. The predicted molar refractivity (Wildman–Crippen MR) is 114 cm³/mol. The smallest absolute Gasteiger partial charge is 0.190 e. The number of aromatic nitrogens is 3. The number of nitrogens with one attached hydrogen (secondary N) is 2. The summed E-state index contributed by atoms with van der Waals surface area (Å²) in [6.45, 7) is 6.87. The van der Waals surface area contributed by atoms with Crippen LogP contribution in [0.4, 0.5) is 0 Å². The molecular formula is C20H28N6S. The van der Waals surface area contributed by atoms with Gasteiger partial charge in [0.15, 0.2) is 5.96 Å². The molecule has 2 heterocycles. The Morgan fingerprint density at radius 1 is 1.22 bits per heavy atom. The van der Waals surface area contributed by atoms with Crippen molar-refractivity contribution in [3.8, 4) is 0 Å². The maximum Gasteiger partial charge on any atom is 0.190 e. The van der Waals surface area contributed by atoms with Gasteiger partial charge in [0.05, 0.1) is 16.0 Å². The van der Waals surface area contributed by atoms with Crippen LogP contribution in [0, 0.1) is 6.92 Å². The highest BCUT2D eigenvalue weighted by molar-refractivity contribution is 7.11. The molecule has 0 aliphatic rings. The average molecular weight is 385 g/mol. The number of hydrogen-bond acceptors (Lipinski definition) is 4. The lowest BCUT2D eigenvalue weighted by Gasteiger charge is -2.12. The molecule has 27 heavy (non-hydrogen) atoms. The van der Waals surface area contributed by atoms with E-state index in [2.05, 4.69) is 62.2 Å². The zero-order chi connectivity index (χ0) is 19.1. The number of imidazole rings is 1. The van der Waals surface area contributed by atoms with E-state index in [1.165, 1.54) is 15.4 Å². The van der Waals surface area contributed by atoms with Gasteiger partial charge in [-0.15, -0.1) is 11.3 Å². The first-order valence-electron chi connectivity index (χ1n) is 9.51. The Kier molecular flexibility index (Phi) is 6.81. The van der Waals surface area contributed by atoms with Gasteiger partial charge in [-0.1, -0.05) is 19.1 Å². The summed E-state index contributed by atoms with van der Waals surface area (Å²) in [5, 5.41) is 7.93. The molecule has 0 atom stereocenters. The van der Waals surface area contributed by atoms with Crippen LogP contribution in [-0.2, 0) is 19.4 Å². The lowest BCUT2D eigenvalue weighted by molar-refractivity contribution is 0.624. The van der Waals surface area contributed by atoms with E-state index >= 15 is 0 Å². The number of aliphatic imine (C=N–C) groups is 1. The van der Waals surface area contributed by atoms with Gasteiger partial charge in [-0.2, -0.15) is 0 Å². The number of benzene rings is 1. The van der Waals surface area contributed by atoms with Crippen molar-refractivity contribution in [2.45, 2.75) is 39.7 Å². The molecule has 0 spiro atoms. The number of aryl methyl sites for hydroxylation is 3. The molecule has 0 saturated heterocycles. The van der Waals surface area contributed by atoms with Crippen LogP contribution in [0.2, 0.25) is 0 Å². The first kappa shape index (κ1) is 19.4. The van der Waals surface area contributed by atoms with Crippen molar-refractivity contribution in [1.29, 1.82) is 0 Å². The summed E-state index contributed by atoms with van der Waals surface area (Å²) in [5.41, 5.74) is 2.27. The van der Waals surface area contributed by atoms with Crippen LogP contribution in [-0.4, -0.2) is 40.6 Å². The normalized spacial score (nSPS) is 11.9. The Morgan fingerprint density at radius 3 is 2.81 bits per heavy atom. The molecule has 0 amide bonds. The van der Waals surface area contributed by atoms with Crippen molar-refractivity contribution >= 4 is 28.3 Å². The first-order valence-corrected chi connectivity index (χ1v) is 10.3. The number of rotatable bonds is 8. The van der Waals surface area contributed by atoms with E-state index in [9.17, 15) is 0 Å². The molecule has 2 aromatic heterocycles. The molecule has 0 unspecified atom stereocenters. The minimum Gasteiger partial charge on any atom is -0.356 e. The van der Waals surface area contributed by atoms with Gasteiger partial charge in [-0.25, -0.2) is 9.97 Å². The second kappa shape index (κ2) is 9.50. The minimum atomic E-state index is 0.835. The molecule has 0 bridgehead atoms. The molecule has 1 aromatic carbocycles. The number of thiazole rings is 1. The zero-order valence-electron chi connectivity index (χ0n) is 16.3. The van der Waals surface area contributed by atoms with Crippen molar-refractivity contribution in [1.82, 2.24) is 25.2 Å². The molecular weight excluding hydrogens is 356 g/mol. The van der Waals surface area contributed by atoms with Gasteiger partial charge >= 0.3 is 0 Å². The third-order valence-corrected chi connectivity index (χ3v) is 5.70. The van der Waals surface area contributed by atoms with Crippen LogP contribution < -0.4 is 10.6 Å². The number of fused-ring (bicyclic) bond motifs is 1. The summed E-state index contributed by atoms with van der Waals surface area (Å²) in [6, 6.07) is 8.29. The zero-order valence-corrected chi connectivity index (χ0v) is 17.1. The third kappa shape index (κ3) is 5.07. The predicted octanol–water partition coefficient (Wildman–Crippen LogP) is 3.16. The minimum absolute atomic E-state index is 0.835. The Morgan fingerprint density at radius 2 is 2.04 bits per heavy atom. The number of para-hydroxylation sites is 2. The fourth-order valence-electron chi connectivity index (χ4n) is 3.06. The summed E-state index contributed by atoms with van der Waals surface area (Å²) >= 11 is 1.79. The molecule has 2 N–H and O–H groups in total. The third-order valence-electron chi connectivity index (χ3n) is 4.50. The quantitative estimate of drug-likeness (QED) is 0.356. The van der Waals surface area contributed by atoms with Gasteiger partial charge in [-0.3, -0.25) is 4.99 Å². The molecule has 3 rings (SSSR count). The molecule has 3 aromatic rings. The monoisotopic (exact) mass is 384 g/mol. The Hall–Kier alpha value is -2.41. The molecule has 0 aliphatic carbocycles. The largest absolute Gasteiger partial charge is 0.356 e. The van der Waals surface area contributed by atoms with Gasteiger partial charge in [0.25, 0.3) is 0 Å². The van der Waals surface area contributed by atoms with E-state index in [1.807, 2.05) is 12.3 Å². The standard InChI is InChI=1S/C20H28N6S/c1-4-16-14-24-19(27-16)10-12-23-20(21-3)22-11-7-13-26-15(2)25-17-8-5-6-9-18(17)26/h5-6,8-9,14H,4,7,10-13H2,1-3H3,(H2,21,22,23). The van der Waals surface area contributed by atoms with Crippen molar-refractivity contribution in [2.75, 3.05) is 20.1 Å². The topological polar surface area (TPSA) is 67.1 Å². The summed E-state index contributed by atoms with van der Waals surface area (Å²) in [4.78, 5) is 14.7. The van der Waals surface area contributed by atoms with Crippen LogP contribution in [0.15, 0.2) is 35.5 Å². The fraction of sp³-hybridized carbons (Fsp3) is 0.450. The van der Waals surface area contributed by atoms with E-state index in [0.717, 1.165) is 56.2 Å². The van der Waals surface area contributed by atoms with Crippen LogP contribution in [0.25, 0.3) is 11.0 Å². The van der Waals surface area contributed by atoms with Gasteiger partial charge in [0, 0.05) is 44.2 Å². The van der Waals surface area contributed by atoms with E-state index in [-0.39, 0.29) is 0 Å². The first-order chi connectivity index (χ1) is 13.2. The van der Waals surface area contributed by atoms with E-state index < -0.39 is 0 Å². The van der Waals surface area contributed by atoms with Gasteiger partial charge in [-0.05, 0) is 31.9 Å². The highest BCUT2D eigenvalue weighted by Crippen LogP contribution is 2.15. The number of guanidine groups is 1. The van der Waals surface area contributed by atoms with E-state index in [4.69, 9.17) is 0 Å². The maximum absolute atomic E-state index is 4.62. The molecule has 0 fully saturated rings. The molecule has 0 radical (unpaired) electrons. The van der Waals surface area contributed by atoms with Gasteiger partial charge in [0.2, 0.25) is 0 Å². The molecule has 0 aliphatic heterocycles. The molecule has 144 valence electrons.